The maximum Gasteiger partial charge on any atom is 0.255 e. The molecule has 1 aromatic rings. The van der Waals surface area contributed by atoms with E-state index in [1.54, 1.807) is 6.07 Å². The fourth-order valence-corrected chi connectivity index (χ4v) is 1.47. The number of nitrogens with one attached hydrogen (secondary N) is 1. The third kappa shape index (κ3) is 3.90. The monoisotopic (exact) mass is 254 g/mol. The zero-order valence-electron chi connectivity index (χ0n) is 10.2. The molecule has 0 radical (unpaired) electrons. The first-order valence-electron chi connectivity index (χ1n) is 5.59. The topological polar surface area (TPSA) is 105 Å². The number of ether oxygens (including phenoxy) is 1. The molecular weight excluding hydrogens is 236 g/mol. The zero-order valence-corrected chi connectivity index (χ0v) is 10.2. The van der Waals surface area contributed by atoms with Crippen molar-refractivity contribution in [3.63, 3.8) is 0 Å². The molecule has 0 aliphatic heterocycles. The lowest BCUT2D eigenvalue weighted by molar-refractivity contribution is 0.0587. The molecule has 100 valence electrons. The van der Waals surface area contributed by atoms with Gasteiger partial charge in [0.15, 0.2) is 5.75 Å². The molecule has 0 aliphatic carbocycles. The Bertz CT molecular complexity index is 409. The molecule has 1 amide bonds. The minimum atomic E-state index is -0.621. The fraction of sp³-hybridized carbons (Fsp3) is 0.417. The van der Waals surface area contributed by atoms with Crippen LogP contribution >= 0.6 is 0 Å². The highest BCUT2D eigenvalue weighted by Gasteiger charge is 2.12. The molecule has 0 heterocycles. The third-order valence-electron chi connectivity index (χ3n) is 2.43. The second-order valence-corrected chi connectivity index (χ2v) is 3.90. The van der Waals surface area contributed by atoms with Crippen LogP contribution in [0.1, 0.15) is 16.8 Å². The van der Waals surface area contributed by atoms with Gasteiger partial charge in [0.2, 0.25) is 0 Å². The Morgan fingerprint density at radius 2 is 2.28 bits per heavy atom. The predicted molar refractivity (Wildman–Crippen MR) is 67.4 cm³/mol. The van der Waals surface area contributed by atoms with Crippen LogP contribution in [0.2, 0.25) is 0 Å². The smallest absolute Gasteiger partial charge is 0.255 e. The number of hydrogen-bond acceptors (Lipinski definition) is 5. The maximum atomic E-state index is 11.7. The number of rotatable bonds is 6. The number of nitrogens with two attached hydrogens (primary N) is 1. The average molecular weight is 254 g/mol. The summed E-state index contributed by atoms with van der Waals surface area (Å²) in [5.74, 6) is -0.656. The van der Waals surface area contributed by atoms with Gasteiger partial charge in [-0.3, -0.25) is 4.79 Å². The van der Waals surface area contributed by atoms with Crippen LogP contribution in [0.25, 0.3) is 0 Å². The molecule has 0 bridgehead atoms. The number of amides is 1. The lowest BCUT2D eigenvalue weighted by Gasteiger charge is -2.11. The van der Waals surface area contributed by atoms with Crippen molar-refractivity contribution in [3.05, 3.63) is 23.8 Å². The standard InChI is InChI=1S/C12H18N2O4/c1-18-7-8(15)5-6-14-12(17)9-3-2-4-10(13)11(9)16/h2-4,8,15-16H,5-7,13H2,1H3,(H,14,17). The van der Waals surface area contributed by atoms with Crippen molar-refractivity contribution >= 4 is 11.6 Å². The fourth-order valence-electron chi connectivity index (χ4n) is 1.47. The van der Waals surface area contributed by atoms with Crippen LogP contribution in [-0.2, 0) is 4.74 Å². The number of aliphatic hydroxyl groups excluding tert-OH is 1. The maximum absolute atomic E-state index is 11.7. The van der Waals surface area contributed by atoms with Crippen LogP contribution in [0.15, 0.2) is 18.2 Å². The van der Waals surface area contributed by atoms with Crippen LogP contribution in [0.5, 0.6) is 5.75 Å². The van der Waals surface area contributed by atoms with E-state index in [0.717, 1.165) is 0 Å². The summed E-state index contributed by atoms with van der Waals surface area (Å²) in [5.41, 5.74) is 5.76. The Balaban J connectivity index is 2.48. The second-order valence-electron chi connectivity index (χ2n) is 3.90. The Kier molecular flexibility index (Phi) is 5.41. The van der Waals surface area contributed by atoms with Gasteiger partial charge in [-0.2, -0.15) is 0 Å². The van der Waals surface area contributed by atoms with Gasteiger partial charge in [0.25, 0.3) is 5.91 Å². The zero-order chi connectivity index (χ0) is 13.5. The van der Waals surface area contributed by atoms with Crippen molar-refractivity contribution < 1.29 is 19.7 Å². The van der Waals surface area contributed by atoms with E-state index in [1.807, 2.05) is 0 Å². The molecule has 0 saturated heterocycles. The van der Waals surface area contributed by atoms with Crippen molar-refractivity contribution in [2.24, 2.45) is 0 Å². The van der Waals surface area contributed by atoms with Crippen LogP contribution < -0.4 is 11.1 Å². The van der Waals surface area contributed by atoms with Gasteiger partial charge in [-0.1, -0.05) is 6.07 Å². The Labute approximate surface area is 105 Å². The van der Waals surface area contributed by atoms with E-state index in [0.29, 0.717) is 6.42 Å². The molecule has 6 nitrogen and oxygen atoms in total. The van der Waals surface area contributed by atoms with E-state index in [4.69, 9.17) is 10.5 Å². The number of methoxy groups -OCH3 is 1. The molecule has 0 aromatic heterocycles. The SMILES string of the molecule is COCC(O)CCNC(=O)c1cccc(N)c1O. The van der Waals surface area contributed by atoms with E-state index in [-0.39, 0.29) is 30.2 Å². The van der Waals surface area contributed by atoms with Crippen molar-refractivity contribution in [1.82, 2.24) is 5.32 Å². The van der Waals surface area contributed by atoms with Gasteiger partial charge < -0.3 is 26.0 Å². The number of phenols is 1. The first-order valence-corrected chi connectivity index (χ1v) is 5.59. The molecule has 1 unspecified atom stereocenters. The number of carbonyl (C=O) groups is 1. The summed E-state index contributed by atoms with van der Waals surface area (Å²) in [7, 11) is 1.49. The van der Waals surface area contributed by atoms with Crippen molar-refractivity contribution in [3.8, 4) is 5.75 Å². The summed E-state index contributed by atoms with van der Waals surface area (Å²) in [6.07, 6.45) is -0.243. The third-order valence-corrected chi connectivity index (χ3v) is 2.43. The average Bonchev–Trinajstić information content (AvgIpc) is 2.33. The van der Waals surface area contributed by atoms with E-state index < -0.39 is 12.0 Å². The molecule has 1 rings (SSSR count). The number of aromatic hydroxyl groups is 1. The van der Waals surface area contributed by atoms with Crippen LogP contribution in [0.4, 0.5) is 5.69 Å². The number of para-hydroxylation sites is 1. The molecular formula is C12H18N2O4. The summed E-state index contributed by atoms with van der Waals surface area (Å²) >= 11 is 0. The molecule has 0 aliphatic rings. The van der Waals surface area contributed by atoms with Crippen molar-refractivity contribution in [2.45, 2.75) is 12.5 Å². The number of anilines is 1. The normalized spacial score (nSPS) is 12.1. The van der Waals surface area contributed by atoms with Gasteiger partial charge in [0.05, 0.1) is 24.0 Å². The van der Waals surface area contributed by atoms with Crippen LogP contribution in [0.3, 0.4) is 0 Å². The van der Waals surface area contributed by atoms with Gasteiger partial charge in [-0.25, -0.2) is 0 Å². The first-order chi connectivity index (χ1) is 8.56. The molecule has 0 fully saturated rings. The molecule has 5 N–H and O–H groups in total. The first kappa shape index (κ1) is 14.3. The van der Waals surface area contributed by atoms with Crippen LogP contribution in [-0.4, -0.2) is 42.5 Å². The lowest BCUT2D eigenvalue weighted by Crippen LogP contribution is -2.28. The lowest BCUT2D eigenvalue weighted by atomic mass is 10.1. The number of phenolic OH excluding ortho intramolecular Hbond substituents is 1. The molecule has 18 heavy (non-hydrogen) atoms. The summed E-state index contributed by atoms with van der Waals surface area (Å²) in [4.78, 5) is 11.7. The minimum Gasteiger partial charge on any atom is -0.505 e. The van der Waals surface area contributed by atoms with Crippen molar-refractivity contribution in [2.75, 3.05) is 26.0 Å². The van der Waals surface area contributed by atoms with E-state index in [1.165, 1.54) is 19.2 Å². The summed E-state index contributed by atoms with van der Waals surface area (Å²) < 4.78 is 4.76. The second kappa shape index (κ2) is 6.83. The Hall–Kier alpha value is -1.79. The highest BCUT2D eigenvalue weighted by atomic mass is 16.5. The summed E-state index contributed by atoms with van der Waals surface area (Å²) in [6.45, 7) is 0.511. The molecule has 0 saturated carbocycles. The molecule has 1 aromatic carbocycles. The predicted octanol–water partition coefficient (Wildman–Crippen LogP) is 0.102. The number of benzene rings is 1. The minimum absolute atomic E-state index is 0.122. The summed E-state index contributed by atoms with van der Waals surface area (Å²) in [6, 6.07) is 4.57. The van der Waals surface area contributed by atoms with Crippen LogP contribution in [0, 0.1) is 0 Å². The van der Waals surface area contributed by atoms with Gasteiger partial charge >= 0.3 is 0 Å². The van der Waals surface area contributed by atoms with E-state index >= 15 is 0 Å². The van der Waals surface area contributed by atoms with Gasteiger partial charge in [0, 0.05) is 13.7 Å². The Morgan fingerprint density at radius 3 is 2.94 bits per heavy atom. The largest absolute Gasteiger partial charge is 0.505 e. The Morgan fingerprint density at radius 1 is 1.56 bits per heavy atom. The molecule has 0 spiro atoms. The number of carbonyl (C=O) groups excluding carboxylic acids is 1. The quantitative estimate of drug-likeness (QED) is 0.426. The van der Waals surface area contributed by atoms with Gasteiger partial charge in [0.1, 0.15) is 0 Å². The van der Waals surface area contributed by atoms with Gasteiger partial charge in [-0.15, -0.1) is 0 Å². The number of aliphatic hydroxyl groups is 1. The van der Waals surface area contributed by atoms with E-state index in [2.05, 4.69) is 5.32 Å². The highest BCUT2D eigenvalue weighted by molar-refractivity contribution is 5.98. The van der Waals surface area contributed by atoms with Gasteiger partial charge in [-0.05, 0) is 18.6 Å². The molecule has 1 atom stereocenters. The highest BCUT2D eigenvalue weighted by Crippen LogP contribution is 2.23. The van der Waals surface area contributed by atoms with Crippen molar-refractivity contribution in [1.29, 1.82) is 0 Å². The number of hydrogen-bond donors (Lipinski definition) is 4. The summed E-state index contributed by atoms with van der Waals surface area (Å²) in [5, 5.41) is 21.6. The molecule has 6 heteroatoms. The van der Waals surface area contributed by atoms with E-state index in [9.17, 15) is 15.0 Å². The number of nitrogen functional groups attached to an aromatic ring is 1.